The fourth-order valence-corrected chi connectivity index (χ4v) is 1.84. The highest BCUT2D eigenvalue weighted by Gasteiger charge is 2.06. The number of halogens is 1. The average molecular weight is 240 g/mol. The third-order valence-electron chi connectivity index (χ3n) is 2.05. The van der Waals surface area contributed by atoms with Crippen LogP contribution in [0.25, 0.3) is 0 Å². The van der Waals surface area contributed by atoms with Gasteiger partial charge in [0.25, 0.3) is 0 Å². The molecule has 0 radical (unpaired) electrons. The van der Waals surface area contributed by atoms with Crippen molar-refractivity contribution in [1.29, 1.82) is 0 Å². The molecule has 1 rings (SSSR count). The predicted molar refractivity (Wildman–Crippen MR) is 60.6 cm³/mol. The first kappa shape index (κ1) is 10.5. The van der Waals surface area contributed by atoms with Crippen LogP contribution in [0.1, 0.15) is 23.6 Å². The fraction of sp³-hybridized carbons (Fsp3) is 0.273. The molecule has 2 heteroatoms. The van der Waals surface area contributed by atoms with Crippen LogP contribution < -0.4 is 5.73 Å². The summed E-state index contributed by atoms with van der Waals surface area (Å²) in [5, 5.41) is 0. The van der Waals surface area contributed by atoms with E-state index in [0.29, 0.717) is 0 Å². The molecule has 0 amide bonds. The zero-order valence-electron chi connectivity index (χ0n) is 7.76. The molecule has 0 aliphatic heterocycles. The topological polar surface area (TPSA) is 26.0 Å². The lowest BCUT2D eigenvalue weighted by Gasteiger charge is -2.12. The number of benzene rings is 1. The van der Waals surface area contributed by atoms with Crippen molar-refractivity contribution in [2.75, 3.05) is 0 Å². The van der Waals surface area contributed by atoms with Crippen molar-refractivity contribution in [3.05, 3.63) is 46.5 Å². The molecule has 1 unspecified atom stereocenters. The standard InChI is InChI=1S/C11H14BrN/c1-3-4-11(13)10-6-5-9(12)7-8(10)2/h3,5-7,11H,1,4,13H2,2H3. The van der Waals surface area contributed by atoms with Gasteiger partial charge < -0.3 is 5.73 Å². The third-order valence-corrected chi connectivity index (χ3v) is 2.55. The Balaban J connectivity index is 2.94. The van der Waals surface area contributed by atoms with Crippen molar-refractivity contribution < 1.29 is 0 Å². The second kappa shape index (κ2) is 4.58. The highest BCUT2D eigenvalue weighted by molar-refractivity contribution is 9.10. The monoisotopic (exact) mass is 239 g/mol. The van der Waals surface area contributed by atoms with Crippen LogP contribution in [0.4, 0.5) is 0 Å². The molecule has 1 nitrogen and oxygen atoms in total. The molecule has 0 heterocycles. The van der Waals surface area contributed by atoms with Gasteiger partial charge in [0, 0.05) is 10.5 Å². The molecule has 1 atom stereocenters. The zero-order chi connectivity index (χ0) is 9.84. The Morgan fingerprint density at radius 1 is 1.62 bits per heavy atom. The van der Waals surface area contributed by atoms with Gasteiger partial charge in [0.05, 0.1) is 0 Å². The summed E-state index contributed by atoms with van der Waals surface area (Å²) in [6.07, 6.45) is 2.68. The molecular weight excluding hydrogens is 226 g/mol. The van der Waals surface area contributed by atoms with Gasteiger partial charge in [0.15, 0.2) is 0 Å². The number of nitrogens with two attached hydrogens (primary N) is 1. The number of rotatable bonds is 3. The maximum absolute atomic E-state index is 5.97. The van der Waals surface area contributed by atoms with Gasteiger partial charge in [-0.15, -0.1) is 6.58 Å². The van der Waals surface area contributed by atoms with Crippen molar-refractivity contribution in [3.63, 3.8) is 0 Å². The maximum atomic E-state index is 5.97. The van der Waals surface area contributed by atoms with Crippen LogP contribution in [0.3, 0.4) is 0 Å². The average Bonchev–Trinajstić information content (AvgIpc) is 2.04. The summed E-state index contributed by atoms with van der Waals surface area (Å²) in [7, 11) is 0. The molecule has 0 fully saturated rings. The van der Waals surface area contributed by atoms with Crippen LogP contribution in [0.5, 0.6) is 0 Å². The van der Waals surface area contributed by atoms with Crippen molar-refractivity contribution in [3.8, 4) is 0 Å². The summed E-state index contributed by atoms with van der Waals surface area (Å²) in [4.78, 5) is 0. The van der Waals surface area contributed by atoms with Crippen LogP contribution in [0, 0.1) is 6.92 Å². The number of hydrogen-bond donors (Lipinski definition) is 1. The maximum Gasteiger partial charge on any atom is 0.0332 e. The van der Waals surface area contributed by atoms with Crippen molar-refractivity contribution in [2.45, 2.75) is 19.4 Å². The highest BCUT2D eigenvalue weighted by Crippen LogP contribution is 2.22. The molecule has 0 aliphatic rings. The van der Waals surface area contributed by atoms with E-state index >= 15 is 0 Å². The van der Waals surface area contributed by atoms with E-state index in [1.807, 2.05) is 12.1 Å². The van der Waals surface area contributed by atoms with Crippen LogP contribution in [0.15, 0.2) is 35.3 Å². The Bertz CT molecular complexity index is 307. The molecule has 13 heavy (non-hydrogen) atoms. The Labute approximate surface area is 87.8 Å². The van der Waals surface area contributed by atoms with Gasteiger partial charge in [-0.3, -0.25) is 0 Å². The zero-order valence-corrected chi connectivity index (χ0v) is 9.34. The minimum absolute atomic E-state index is 0.0746. The first-order chi connectivity index (χ1) is 6.15. The lowest BCUT2D eigenvalue weighted by atomic mass is 10.00. The van der Waals surface area contributed by atoms with Crippen LogP contribution in [-0.2, 0) is 0 Å². The van der Waals surface area contributed by atoms with Gasteiger partial charge in [0.2, 0.25) is 0 Å². The van der Waals surface area contributed by atoms with E-state index in [-0.39, 0.29) is 6.04 Å². The Hall–Kier alpha value is -0.600. The second-order valence-electron chi connectivity index (χ2n) is 3.13. The molecule has 0 saturated heterocycles. The molecule has 1 aromatic carbocycles. The van der Waals surface area contributed by atoms with Gasteiger partial charge in [-0.25, -0.2) is 0 Å². The van der Waals surface area contributed by atoms with Gasteiger partial charge >= 0.3 is 0 Å². The SMILES string of the molecule is C=CCC(N)c1ccc(Br)cc1C. The van der Waals surface area contributed by atoms with E-state index < -0.39 is 0 Å². The summed E-state index contributed by atoms with van der Waals surface area (Å²) < 4.78 is 1.10. The van der Waals surface area contributed by atoms with Crippen LogP contribution >= 0.6 is 15.9 Å². The molecule has 0 aliphatic carbocycles. The van der Waals surface area contributed by atoms with Crippen molar-refractivity contribution in [2.24, 2.45) is 5.73 Å². The lowest BCUT2D eigenvalue weighted by molar-refractivity contribution is 0.736. The summed E-state index contributed by atoms with van der Waals surface area (Å²) in [6, 6.07) is 6.24. The summed E-state index contributed by atoms with van der Waals surface area (Å²) in [6.45, 7) is 5.76. The largest absolute Gasteiger partial charge is 0.324 e. The Morgan fingerprint density at radius 3 is 2.85 bits per heavy atom. The lowest BCUT2D eigenvalue weighted by Crippen LogP contribution is -2.10. The molecule has 1 aromatic rings. The second-order valence-corrected chi connectivity index (χ2v) is 4.05. The van der Waals surface area contributed by atoms with Gasteiger partial charge in [-0.05, 0) is 36.6 Å². The third kappa shape index (κ3) is 2.68. The quantitative estimate of drug-likeness (QED) is 0.805. The normalized spacial score (nSPS) is 12.5. The van der Waals surface area contributed by atoms with E-state index in [4.69, 9.17) is 5.73 Å². The smallest absolute Gasteiger partial charge is 0.0332 e. The van der Waals surface area contributed by atoms with Crippen LogP contribution in [-0.4, -0.2) is 0 Å². The van der Waals surface area contributed by atoms with Crippen molar-refractivity contribution >= 4 is 15.9 Å². The summed E-state index contributed by atoms with van der Waals surface area (Å²) in [5.41, 5.74) is 8.39. The first-order valence-electron chi connectivity index (χ1n) is 4.27. The number of aryl methyl sites for hydroxylation is 1. The van der Waals surface area contributed by atoms with E-state index in [9.17, 15) is 0 Å². The van der Waals surface area contributed by atoms with Crippen molar-refractivity contribution in [1.82, 2.24) is 0 Å². The first-order valence-corrected chi connectivity index (χ1v) is 5.07. The molecule has 0 spiro atoms. The van der Waals surface area contributed by atoms with E-state index in [0.717, 1.165) is 10.9 Å². The number of hydrogen-bond acceptors (Lipinski definition) is 1. The minimum Gasteiger partial charge on any atom is -0.324 e. The van der Waals surface area contributed by atoms with E-state index in [1.165, 1.54) is 11.1 Å². The summed E-state index contributed by atoms with van der Waals surface area (Å²) >= 11 is 3.42. The Kier molecular flexibility index (Phi) is 3.70. The van der Waals surface area contributed by atoms with Crippen LogP contribution in [0.2, 0.25) is 0 Å². The van der Waals surface area contributed by atoms with Gasteiger partial charge in [0.1, 0.15) is 0 Å². The summed E-state index contributed by atoms with van der Waals surface area (Å²) in [5.74, 6) is 0. The fourth-order valence-electron chi connectivity index (χ4n) is 1.36. The van der Waals surface area contributed by atoms with E-state index in [2.05, 4.69) is 41.6 Å². The van der Waals surface area contributed by atoms with E-state index in [1.54, 1.807) is 0 Å². The van der Waals surface area contributed by atoms with Gasteiger partial charge in [-0.2, -0.15) is 0 Å². The highest BCUT2D eigenvalue weighted by atomic mass is 79.9. The Morgan fingerprint density at radius 2 is 2.31 bits per heavy atom. The molecule has 2 N–H and O–H groups in total. The molecular formula is C11H14BrN. The molecule has 0 saturated carbocycles. The van der Waals surface area contributed by atoms with Gasteiger partial charge in [-0.1, -0.05) is 28.1 Å². The minimum atomic E-state index is 0.0746. The molecule has 0 bridgehead atoms. The predicted octanol–water partition coefficient (Wildman–Crippen LogP) is 3.33. The molecule has 0 aromatic heterocycles. The molecule has 70 valence electrons.